The van der Waals surface area contributed by atoms with Crippen LogP contribution in [-0.2, 0) is 0 Å². The summed E-state index contributed by atoms with van der Waals surface area (Å²) in [5.41, 5.74) is 4.07. The number of aromatic nitrogens is 2. The number of aromatic amines is 1. The third-order valence-corrected chi connectivity index (χ3v) is 3.61. The summed E-state index contributed by atoms with van der Waals surface area (Å²) in [6, 6.07) is 15.7. The normalized spacial score (nSPS) is 10.1. The third-order valence-electron chi connectivity index (χ3n) is 3.61. The predicted molar refractivity (Wildman–Crippen MR) is 87.3 cm³/mol. The number of benzene rings is 2. The number of methoxy groups -OCH3 is 2. The Morgan fingerprint density at radius 3 is 2.48 bits per heavy atom. The van der Waals surface area contributed by atoms with Crippen molar-refractivity contribution < 1.29 is 9.47 Å². The van der Waals surface area contributed by atoms with Gasteiger partial charge in [0.15, 0.2) is 11.5 Å². The van der Waals surface area contributed by atoms with E-state index in [0.29, 0.717) is 17.1 Å². The first-order chi connectivity index (χ1) is 11.3. The van der Waals surface area contributed by atoms with E-state index in [2.05, 4.69) is 16.3 Å². The van der Waals surface area contributed by atoms with Crippen molar-refractivity contribution in [3.8, 4) is 40.0 Å². The van der Waals surface area contributed by atoms with Crippen LogP contribution in [0.25, 0.3) is 22.4 Å². The van der Waals surface area contributed by atoms with Crippen LogP contribution in [-0.4, -0.2) is 24.4 Å². The molecular weight excluding hydrogens is 290 g/mol. The highest BCUT2D eigenvalue weighted by Gasteiger charge is 2.16. The maximum Gasteiger partial charge on any atom is 0.178 e. The number of hydrogen-bond donors (Lipinski definition) is 1. The summed E-state index contributed by atoms with van der Waals surface area (Å²) in [6.07, 6.45) is 1.74. The van der Waals surface area contributed by atoms with Crippen LogP contribution < -0.4 is 9.47 Å². The highest BCUT2D eigenvalue weighted by atomic mass is 16.5. The number of nitrogens with one attached hydrogen (secondary N) is 1. The van der Waals surface area contributed by atoms with Gasteiger partial charge in [0.05, 0.1) is 31.7 Å². The molecule has 2 aromatic carbocycles. The van der Waals surface area contributed by atoms with Crippen LogP contribution in [0.3, 0.4) is 0 Å². The number of rotatable bonds is 4. The minimum absolute atomic E-state index is 0.419. The van der Waals surface area contributed by atoms with Gasteiger partial charge in [0.2, 0.25) is 0 Å². The average molecular weight is 305 g/mol. The van der Waals surface area contributed by atoms with Gasteiger partial charge in [-0.1, -0.05) is 30.3 Å². The van der Waals surface area contributed by atoms with Crippen LogP contribution in [0.15, 0.2) is 48.7 Å². The Morgan fingerprint density at radius 1 is 1.04 bits per heavy atom. The van der Waals surface area contributed by atoms with E-state index in [0.717, 1.165) is 22.4 Å². The second-order valence-corrected chi connectivity index (χ2v) is 4.90. The highest BCUT2D eigenvalue weighted by Crippen LogP contribution is 2.38. The first-order valence-corrected chi connectivity index (χ1v) is 7.03. The zero-order chi connectivity index (χ0) is 16.2. The maximum absolute atomic E-state index is 9.37. The lowest BCUT2D eigenvalue weighted by atomic mass is 9.99. The summed E-state index contributed by atoms with van der Waals surface area (Å²) in [6.45, 7) is 0. The van der Waals surface area contributed by atoms with Gasteiger partial charge in [0, 0.05) is 11.1 Å². The van der Waals surface area contributed by atoms with Gasteiger partial charge in [-0.15, -0.1) is 0 Å². The van der Waals surface area contributed by atoms with E-state index in [-0.39, 0.29) is 0 Å². The molecule has 0 saturated heterocycles. The Morgan fingerprint density at radius 2 is 1.83 bits per heavy atom. The molecule has 1 aromatic heterocycles. The van der Waals surface area contributed by atoms with Gasteiger partial charge in [-0.05, 0) is 17.7 Å². The monoisotopic (exact) mass is 305 g/mol. The molecule has 1 heterocycles. The van der Waals surface area contributed by atoms with Crippen molar-refractivity contribution >= 4 is 0 Å². The van der Waals surface area contributed by atoms with E-state index in [1.54, 1.807) is 19.4 Å². The summed E-state index contributed by atoms with van der Waals surface area (Å²) in [5, 5.41) is 16.5. The fraction of sp³-hybridized carbons (Fsp3) is 0.111. The summed E-state index contributed by atoms with van der Waals surface area (Å²) in [4.78, 5) is 0. The van der Waals surface area contributed by atoms with E-state index >= 15 is 0 Å². The zero-order valence-corrected chi connectivity index (χ0v) is 12.8. The minimum Gasteiger partial charge on any atom is -0.493 e. The van der Waals surface area contributed by atoms with Crippen LogP contribution >= 0.6 is 0 Å². The van der Waals surface area contributed by atoms with E-state index in [1.165, 1.54) is 7.11 Å². The molecular formula is C18H15N3O2. The van der Waals surface area contributed by atoms with Gasteiger partial charge in [-0.2, -0.15) is 10.4 Å². The molecule has 0 aliphatic carbocycles. The molecule has 0 fully saturated rings. The molecule has 0 radical (unpaired) electrons. The molecule has 0 bridgehead atoms. The Labute approximate surface area is 134 Å². The molecule has 3 aromatic rings. The van der Waals surface area contributed by atoms with Gasteiger partial charge in [-0.3, -0.25) is 5.10 Å². The quantitative estimate of drug-likeness (QED) is 0.799. The third kappa shape index (κ3) is 2.62. The van der Waals surface area contributed by atoms with Crippen LogP contribution in [0.1, 0.15) is 5.56 Å². The van der Waals surface area contributed by atoms with Gasteiger partial charge in [0.1, 0.15) is 6.07 Å². The standard InChI is InChI=1S/C18H15N3O2/c1-22-16-9-13(8-14(10-19)18(16)23-2)15-11-20-21-17(15)12-6-4-3-5-7-12/h3-9,11H,1-2H3,(H,20,21). The van der Waals surface area contributed by atoms with Crippen LogP contribution in [0.5, 0.6) is 11.5 Å². The smallest absolute Gasteiger partial charge is 0.178 e. The fourth-order valence-electron chi connectivity index (χ4n) is 2.53. The Kier molecular flexibility index (Phi) is 3.98. The Balaban J connectivity index is 2.18. The molecule has 0 aliphatic heterocycles. The molecule has 0 aliphatic rings. The number of hydrogen-bond acceptors (Lipinski definition) is 4. The van der Waals surface area contributed by atoms with Gasteiger partial charge < -0.3 is 9.47 Å². The van der Waals surface area contributed by atoms with Crippen molar-refractivity contribution in [3.63, 3.8) is 0 Å². The molecule has 5 heteroatoms. The Bertz CT molecular complexity index is 864. The molecule has 1 N–H and O–H groups in total. The molecule has 5 nitrogen and oxygen atoms in total. The predicted octanol–water partition coefficient (Wildman–Crippen LogP) is 3.63. The molecule has 0 amide bonds. The molecule has 0 spiro atoms. The number of ether oxygens (including phenoxy) is 2. The molecule has 23 heavy (non-hydrogen) atoms. The molecule has 114 valence electrons. The van der Waals surface area contributed by atoms with Crippen LogP contribution in [0.2, 0.25) is 0 Å². The van der Waals surface area contributed by atoms with E-state index in [4.69, 9.17) is 9.47 Å². The minimum atomic E-state index is 0.419. The zero-order valence-electron chi connectivity index (χ0n) is 12.8. The van der Waals surface area contributed by atoms with Crippen molar-refractivity contribution in [2.45, 2.75) is 0 Å². The van der Waals surface area contributed by atoms with Gasteiger partial charge in [-0.25, -0.2) is 0 Å². The van der Waals surface area contributed by atoms with Crippen molar-refractivity contribution in [1.29, 1.82) is 5.26 Å². The lowest BCUT2D eigenvalue weighted by molar-refractivity contribution is 0.354. The summed E-state index contributed by atoms with van der Waals surface area (Å²) in [5.74, 6) is 0.949. The lowest BCUT2D eigenvalue weighted by Gasteiger charge is -2.12. The summed E-state index contributed by atoms with van der Waals surface area (Å²) in [7, 11) is 3.07. The number of H-pyrrole nitrogens is 1. The van der Waals surface area contributed by atoms with Crippen LogP contribution in [0.4, 0.5) is 0 Å². The van der Waals surface area contributed by atoms with Crippen LogP contribution in [0, 0.1) is 11.3 Å². The van der Waals surface area contributed by atoms with Crippen molar-refractivity contribution in [3.05, 3.63) is 54.2 Å². The second kappa shape index (κ2) is 6.24. The number of nitrogens with zero attached hydrogens (tertiary/aromatic N) is 2. The molecule has 0 unspecified atom stereocenters. The molecule has 3 rings (SSSR count). The first kappa shape index (κ1) is 14.7. The van der Waals surface area contributed by atoms with Gasteiger partial charge >= 0.3 is 0 Å². The van der Waals surface area contributed by atoms with Crippen molar-refractivity contribution in [2.75, 3.05) is 14.2 Å². The Hall–Kier alpha value is -3.26. The SMILES string of the molecule is COc1cc(-c2cn[nH]c2-c2ccccc2)cc(C#N)c1OC. The van der Waals surface area contributed by atoms with Crippen molar-refractivity contribution in [2.24, 2.45) is 0 Å². The second-order valence-electron chi connectivity index (χ2n) is 4.90. The molecule has 0 atom stereocenters. The summed E-state index contributed by atoms with van der Waals surface area (Å²) >= 11 is 0. The number of nitriles is 1. The van der Waals surface area contributed by atoms with Crippen molar-refractivity contribution in [1.82, 2.24) is 10.2 Å². The largest absolute Gasteiger partial charge is 0.493 e. The maximum atomic E-state index is 9.37. The van der Waals surface area contributed by atoms with E-state index in [1.807, 2.05) is 36.4 Å². The first-order valence-electron chi connectivity index (χ1n) is 7.03. The lowest BCUT2D eigenvalue weighted by Crippen LogP contribution is -1.95. The molecule has 0 saturated carbocycles. The van der Waals surface area contributed by atoms with E-state index in [9.17, 15) is 5.26 Å². The van der Waals surface area contributed by atoms with E-state index < -0.39 is 0 Å². The van der Waals surface area contributed by atoms with Gasteiger partial charge in [0.25, 0.3) is 0 Å². The summed E-state index contributed by atoms with van der Waals surface area (Å²) < 4.78 is 10.6. The fourth-order valence-corrected chi connectivity index (χ4v) is 2.53. The topological polar surface area (TPSA) is 70.9 Å². The average Bonchev–Trinajstić information content (AvgIpc) is 3.10. The highest BCUT2D eigenvalue weighted by molar-refractivity contribution is 5.82.